The van der Waals surface area contributed by atoms with E-state index in [2.05, 4.69) is 31.4 Å². The Kier molecular flexibility index (Phi) is 5.34. The molecule has 8 heteroatoms. The van der Waals surface area contributed by atoms with Gasteiger partial charge in [0.25, 0.3) is 5.91 Å². The molecule has 0 aliphatic carbocycles. The highest BCUT2D eigenvalue weighted by molar-refractivity contribution is 9.10. The zero-order valence-corrected chi connectivity index (χ0v) is 18.1. The highest BCUT2D eigenvalue weighted by Gasteiger charge is 2.21. The van der Waals surface area contributed by atoms with Gasteiger partial charge in [0.2, 0.25) is 0 Å². The summed E-state index contributed by atoms with van der Waals surface area (Å²) in [5.41, 5.74) is 4.95. The summed E-state index contributed by atoms with van der Waals surface area (Å²) in [7, 11) is 0. The summed E-state index contributed by atoms with van der Waals surface area (Å²) >= 11 is 9.36. The average Bonchev–Trinajstić information content (AvgIpc) is 3.10. The van der Waals surface area contributed by atoms with Gasteiger partial charge < -0.3 is 5.32 Å². The lowest BCUT2D eigenvalue weighted by atomic mass is 10.0. The summed E-state index contributed by atoms with van der Waals surface area (Å²) < 4.78 is 2.69. The van der Waals surface area contributed by atoms with Crippen LogP contribution in [0.5, 0.6) is 0 Å². The van der Waals surface area contributed by atoms with Crippen LogP contribution in [0, 0.1) is 6.92 Å². The minimum atomic E-state index is -0.349. The monoisotopic (exact) mass is 469 g/mol. The molecule has 0 aliphatic heterocycles. The molecule has 29 heavy (non-hydrogen) atoms. The molecule has 0 saturated heterocycles. The molecule has 6 nitrogen and oxygen atoms in total. The van der Waals surface area contributed by atoms with E-state index >= 15 is 0 Å². The van der Waals surface area contributed by atoms with Crippen molar-refractivity contribution in [2.75, 3.05) is 5.32 Å². The van der Waals surface area contributed by atoms with Crippen molar-refractivity contribution in [2.45, 2.75) is 20.3 Å². The van der Waals surface area contributed by atoms with Crippen LogP contribution in [0.25, 0.3) is 16.8 Å². The van der Waals surface area contributed by atoms with Crippen molar-refractivity contribution in [3.63, 3.8) is 0 Å². The standard InChI is InChI=1S/C21H17BrClN5O/c1-3-17-18(13-4-6-14(22)7-5-13)20-26-25-19(12(2)28(20)27-17)21(29)24-16-10-8-15(23)9-11-16/h4-11H,3H2,1-2H3,(H,24,29). The van der Waals surface area contributed by atoms with Gasteiger partial charge in [0.1, 0.15) is 0 Å². The van der Waals surface area contributed by atoms with E-state index in [-0.39, 0.29) is 11.6 Å². The Bertz CT molecular complexity index is 1200. The van der Waals surface area contributed by atoms with E-state index in [0.717, 1.165) is 27.7 Å². The quantitative estimate of drug-likeness (QED) is 0.437. The molecule has 2 heterocycles. The molecule has 1 N–H and O–H groups in total. The molecule has 0 fully saturated rings. The van der Waals surface area contributed by atoms with E-state index in [1.807, 2.05) is 38.1 Å². The van der Waals surface area contributed by atoms with E-state index in [4.69, 9.17) is 16.7 Å². The molecule has 0 aliphatic rings. The Morgan fingerprint density at radius 1 is 1.10 bits per heavy atom. The molecular weight excluding hydrogens is 454 g/mol. The molecule has 0 unspecified atom stereocenters. The number of carbonyl (C=O) groups excluding carboxylic acids is 1. The zero-order valence-electron chi connectivity index (χ0n) is 15.8. The van der Waals surface area contributed by atoms with Crippen LogP contribution in [0.1, 0.15) is 28.8 Å². The van der Waals surface area contributed by atoms with Crippen molar-refractivity contribution in [3.8, 4) is 11.1 Å². The number of benzene rings is 2. The largest absolute Gasteiger partial charge is 0.321 e. The first-order valence-electron chi connectivity index (χ1n) is 9.05. The number of nitrogens with one attached hydrogen (secondary N) is 1. The number of anilines is 1. The fourth-order valence-electron chi connectivity index (χ4n) is 3.14. The molecule has 2 aromatic heterocycles. The maximum Gasteiger partial charge on any atom is 0.278 e. The van der Waals surface area contributed by atoms with Crippen LogP contribution in [0.15, 0.2) is 53.0 Å². The third kappa shape index (κ3) is 3.75. The third-order valence-electron chi connectivity index (χ3n) is 4.62. The number of aromatic nitrogens is 4. The first-order chi connectivity index (χ1) is 14.0. The first-order valence-corrected chi connectivity index (χ1v) is 10.2. The number of rotatable bonds is 4. The number of carbonyl (C=O) groups is 1. The van der Waals surface area contributed by atoms with Crippen molar-refractivity contribution in [2.24, 2.45) is 0 Å². The summed E-state index contributed by atoms with van der Waals surface area (Å²) in [5.74, 6) is -0.349. The minimum Gasteiger partial charge on any atom is -0.321 e. The molecule has 0 bridgehead atoms. The normalized spacial score (nSPS) is 11.0. The van der Waals surface area contributed by atoms with Crippen LogP contribution in [-0.4, -0.2) is 25.7 Å². The molecule has 1 amide bonds. The fraction of sp³-hybridized carbons (Fsp3) is 0.143. The second-order valence-corrected chi connectivity index (χ2v) is 7.86. The predicted molar refractivity (Wildman–Crippen MR) is 117 cm³/mol. The van der Waals surface area contributed by atoms with Gasteiger partial charge in [-0.05, 0) is 55.3 Å². The number of halogens is 2. The number of amides is 1. The zero-order chi connectivity index (χ0) is 20.5. The number of hydrogen-bond acceptors (Lipinski definition) is 4. The van der Waals surface area contributed by atoms with Gasteiger partial charge in [-0.15, -0.1) is 10.2 Å². The lowest BCUT2D eigenvalue weighted by Crippen LogP contribution is -2.18. The predicted octanol–water partition coefficient (Wildman–Crippen LogP) is 5.33. The number of nitrogens with zero attached hydrogens (tertiary/aromatic N) is 4. The van der Waals surface area contributed by atoms with Gasteiger partial charge in [-0.3, -0.25) is 4.79 Å². The summed E-state index contributed by atoms with van der Waals surface area (Å²) in [6, 6.07) is 14.9. The van der Waals surface area contributed by atoms with Crippen molar-refractivity contribution >= 4 is 44.8 Å². The van der Waals surface area contributed by atoms with Gasteiger partial charge in [-0.25, -0.2) is 4.52 Å². The van der Waals surface area contributed by atoms with Gasteiger partial charge >= 0.3 is 0 Å². The molecule has 2 aromatic carbocycles. The highest BCUT2D eigenvalue weighted by atomic mass is 79.9. The van der Waals surface area contributed by atoms with E-state index < -0.39 is 0 Å². The minimum absolute atomic E-state index is 0.222. The molecule has 4 rings (SSSR count). The molecule has 4 aromatic rings. The Balaban J connectivity index is 1.77. The SMILES string of the molecule is CCc1nn2c(C)c(C(=O)Nc3ccc(Cl)cc3)nnc2c1-c1ccc(Br)cc1. The van der Waals surface area contributed by atoms with Crippen LogP contribution in [0.2, 0.25) is 5.02 Å². The average molecular weight is 471 g/mol. The fourth-order valence-corrected chi connectivity index (χ4v) is 3.53. The van der Waals surface area contributed by atoms with Gasteiger partial charge in [0, 0.05) is 15.2 Å². The first kappa shape index (κ1) is 19.5. The van der Waals surface area contributed by atoms with Crippen LogP contribution in [-0.2, 0) is 6.42 Å². The highest BCUT2D eigenvalue weighted by Crippen LogP contribution is 2.29. The Hall–Kier alpha value is -2.77. The van der Waals surface area contributed by atoms with Gasteiger partial charge in [-0.1, -0.05) is 46.6 Å². The smallest absolute Gasteiger partial charge is 0.278 e. The van der Waals surface area contributed by atoms with Gasteiger partial charge in [0.05, 0.1) is 17.0 Å². The van der Waals surface area contributed by atoms with Crippen molar-refractivity contribution in [3.05, 3.63) is 75.1 Å². The lowest BCUT2D eigenvalue weighted by Gasteiger charge is -2.08. The van der Waals surface area contributed by atoms with Crippen molar-refractivity contribution in [1.29, 1.82) is 0 Å². The topological polar surface area (TPSA) is 72.2 Å². The van der Waals surface area contributed by atoms with Crippen LogP contribution < -0.4 is 5.32 Å². The Morgan fingerprint density at radius 3 is 2.45 bits per heavy atom. The van der Waals surface area contributed by atoms with Crippen molar-refractivity contribution in [1.82, 2.24) is 19.8 Å². The molecule has 0 atom stereocenters. The molecular formula is C21H17BrClN5O. The Labute approximate surface area is 181 Å². The number of hydrogen-bond donors (Lipinski definition) is 1. The molecule has 0 saturated carbocycles. The number of fused-ring (bicyclic) bond motifs is 1. The van der Waals surface area contributed by atoms with E-state index in [1.54, 1.807) is 28.8 Å². The number of aryl methyl sites for hydroxylation is 2. The van der Waals surface area contributed by atoms with Crippen molar-refractivity contribution < 1.29 is 4.79 Å². The van der Waals surface area contributed by atoms with E-state index in [1.165, 1.54) is 0 Å². The summed E-state index contributed by atoms with van der Waals surface area (Å²) in [6.07, 6.45) is 0.737. The van der Waals surface area contributed by atoms with Crippen LogP contribution in [0.4, 0.5) is 5.69 Å². The van der Waals surface area contributed by atoms with Crippen LogP contribution >= 0.6 is 27.5 Å². The van der Waals surface area contributed by atoms with Gasteiger partial charge in [-0.2, -0.15) is 5.10 Å². The lowest BCUT2D eigenvalue weighted by molar-refractivity contribution is 0.102. The second-order valence-electron chi connectivity index (χ2n) is 6.51. The third-order valence-corrected chi connectivity index (χ3v) is 5.40. The van der Waals surface area contributed by atoms with Gasteiger partial charge in [0.15, 0.2) is 11.3 Å². The summed E-state index contributed by atoms with van der Waals surface area (Å²) in [5, 5.41) is 16.7. The summed E-state index contributed by atoms with van der Waals surface area (Å²) in [4.78, 5) is 12.7. The van der Waals surface area contributed by atoms with E-state index in [9.17, 15) is 4.79 Å². The molecule has 146 valence electrons. The molecule has 0 spiro atoms. The molecule has 0 radical (unpaired) electrons. The second kappa shape index (κ2) is 7.93. The van der Waals surface area contributed by atoms with E-state index in [0.29, 0.717) is 22.1 Å². The summed E-state index contributed by atoms with van der Waals surface area (Å²) in [6.45, 7) is 3.86. The Morgan fingerprint density at radius 2 is 1.79 bits per heavy atom. The van der Waals surface area contributed by atoms with Crippen LogP contribution in [0.3, 0.4) is 0 Å². The maximum absolute atomic E-state index is 12.7. The maximum atomic E-state index is 12.7.